The van der Waals surface area contributed by atoms with Crippen molar-refractivity contribution in [2.45, 2.75) is 4.90 Å². The second kappa shape index (κ2) is 7.75. The van der Waals surface area contributed by atoms with Crippen LogP contribution < -0.4 is 5.32 Å². The Balaban J connectivity index is 2.13. The summed E-state index contributed by atoms with van der Waals surface area (Å²) >= 11 is 1.04. The number of hydrogen-bond donors (Lipinski definition) is 2. The molecule has 0 aliphatic carbocycles. The molecular formula is C15H18N2O5S2. The normalized spacial score (nSPS) is 11.6. The summed E-state index contributed by atoms with van der Waals surface area (Å²) in [6.07, 6.45) is 0. The lowest BCUT2D eigenvalue weighted by atomic mass is 10.3. The number of likely N-dealkylation sites (N-methyl/N-ethyl adjacent to an activating group) is 1. The van der Waals surface area contributed by atoms with E-state index >= 15 is 0 Å². The van der Waals surface area contributed by atoms with Crippen molar-refractivity contribution in [3.63, 3.8) is 0 Å². The minimum absolute atomic E-state index is 0.0296. The molecule has 0 saturated carbocycles. The number of phenolic OH excluding ortho intramolecular Hbond substituents is 1. The van der Waals surface area contributed by atoms with Gasteiger partial charge in [-0.1, -0.05) is 6.07 Å². The van der Waals surface area contributed by atoms with Crippen LogP contribution in [0.3, 0.4) is 0 Å². The van der Waals surface area contributed by atoms with Crippen molar-refractivity contribution in [2.75, 3.05) is 32.6 Å². The number of amides is 1. The molecule has 1 heterocycles. The standard InChI is InChI=1S/C15H18N2O5S2/c1-17(6-7-22-2)24(20,21)13-9-14(23-10-13)15(19)16-11-4-3-5-12(18)8-11/h3-5,8-10,18H,6-7H2,1-2H3,(H,16,19). The molecular weight excluding hydrogens is 352 g/mol. The van der Waals surface area contributed by atoms with Gasteiger partial charge in [0.1, 0.15) is 5.75 Å². The van der Waals surface area contributed by atoms with Crippen molar-refractivity contribution < 1.29 is 23.1 Å². The maximum absolute atomic E-state index is 12.4. The van der Waals surface area contributed by atoms with Gasteiger partial charge in [0, 0.05) is 37.8 Å². The Hall–Kier alpha value is -1.94. The van der Waals surface area contributed by atoms with E-state index < -0.39 is 15.9 Å². The van der Waals surface area contributed by atoms with Gasteiger partial charge in [-0.2, -0.15) is 4.31 Å². The number of carbonyl (C=O) groups is 1. The van der Waals surface area contributed by atoms with Crippen molar-refractivity contribution in [1.82, 2.24) is 4.31 Å². The van der Waals surface area contributed by atoms with Crippen LogP contribution in [0.1, 0.15) is 9.67 Å². The monoisotopic (exact) mass is 370 g/mol. The molecule has 2 rings (SSSR count). The van der Waals surface area contributed by atoms with Crippen LogP contribution in [0.5, 0.6) is 5.75 Å². The lowest BCUT2D eigenvalue weighted by Crippen LogP contribution is -2.29. The number of carbonyl (C=O) groups excluding carboxylic acids is 1. The number of sulfonamides is 1. The Morgan fingerprint density at radius 1 is 1.38 bits per heavy atom. The summed E-state index contributed by atoms with van der Waals surface area (Å²) in [6.45, 7) is 0.504. The van der Waals surface area contributed by atoms with Crippen molar-refractivity contribution in [2.24, 2.45) is 0 Å². The molecule has 0 unspecified atom stereocenters. The molecule has 7 nitrogen and oxygen atoms in total. The van der Waals surface area contributed by atoms with Crippen LogP contribution in [-0.4, -0.2) is 51.0 Å². The first-order chi connectivity index (χ1) is 11.3. The van der Waals surface area contributed by atoms with Gasteiger partial charge in [0.25, 0.3) is 5.91 Å². The van der Waals surface area contributed by atoms with Crippen LogP contribution in [0, 0.1) is 0 Å². The molecule has 2 aromatic rings. The number of nitrogens with zero attached hydrogens (tertiary/aromatic N) is 1. The van der Waals surface area contributed by atoms with Gasteiger partial charge in [0.2, 0.25) is 10.0 Å². The summed E-state index contributed by atoms with van der Waals surface area (Å²) < 4.78 is 30.8. The van der Waals surface area contributed by atoms with Gasteiger partial charge in [-0.05, 0) is 18.2 Å². The van der Waals surface area contributed by atoms with Gasteiger partial charge in [-0.25, -0.2) is 8.42 Å². The Morgan fingerprint density at radius 3 is 2.79 bits per heavy atom. The van der Waals surface area contributed by atoms with E-state index in [1.807, 2.05) is 0 Å². The second-order valence-corrected chi connectivity index (χ2v) is 7.93. The number of nitrogens with one attached hydrogen (secondary N) is 1. The third-order valence-corrected chi connectivity index (χ3v) is 6.13. The van der Waals surface area contributed by atoms with Gasteiger partial charge in [0.05, 0.1) is 16.4 Å². The number of anilines is 1. The SMILES string of the molecule is COCCN(C)S(=O)(=O)c1csc(C(=O)Nc2cccc(O)c2)c1. The Bertz CT molecular complexity index is 817. The largest absolute Gasteiger partial charge is 0.508 e. The smallest absolute Gasteiger partial charge is 0.265 e. The number of thiophene rings is 1. The zero-order valence-electron chi connectivity index (χ0n) is 13.2. The molecule has 0 saturated heterocycles. The maximum atomic E-state index is 12.4. The highest BCUT2D eigenvalue weighted by Crippen LogP contribution is 2.23. The number of aromatic hydroxyl groups is 1. The minimum Gasteiger partial charge on any atom is -0.508 e. The molecule has 0 bridgehead atoms. The first kappa shape index (κ1) is 18.4. The first-order valence-corrected chi connectivity index (χ1v) is 9.31. The molecule has 0 radical (unpaired) electrons. The fourth-order valence-electron chi connectivity index (χ4n) is 1.87. The van der Waals surface area contributed by atoms with Gasteiger partial charge in [-0.3, -0.25) is 4.79 Å². The number of hydrogen-bond acceptors (Lipinski definition) is 6. The minimum atomic E-state index is -3.66. The quantitative estimate of drug-likeness (QED) is 0.777. The van der Waals surface area contributed by atoms with Crippen LogP contribution >= 0.6 is 11.3 Å². The number of methoxy groups -OCH3 is 1. The number of phenols is 1. The molecule has 0 spiro atoms. The van der Waals surface area contributed by atoms with E-state index in [4.69, 9.17) is 4.74 Å². The van der Waals surface area contributed by atoms with Gasteiger partial charge >= 0.3 is 0 Å². The lowest BCUT2D eigenvalue weighted by Gasteiger charge is -2.15. The van der Waals surface area contributed by atoms with Crippen LogP contribution in [-0.2, 0) is 14.8 Å². The fraction of sp³-hybridized carbons (Fsp3) is 0.267. The topological polar surface area (TPSA) is 95.9 Å². The zero-order chi connectivity index (χ0) is 17.7. The third-order valence-electron chi connectivity index (χ3n) is 3.22. The number of ether oxygens (including phenoxy) is 1. The Morgan fingerprint density at radius 2 is 2.12 bits per heavy atom. The van der Waals surface area contributed by atoms with Gasteiger partial charge < -0.3 is 15.2 Å². The summed E-state index contributed by atoms with van der Waals surface area (Å²) in [5.41, 5.74) is 0.426. The van der Waals surface area contributed by atoms with E-state index in [0.717, 1.165) is 11.3 Å². The highest BCUT2D eigenvalue weighted by molar-refractivity contribution is 7.89. The van der Waals surface area contributed by atoms with Crippen LogP contribution in [0.4, 0.5) is 5.69 Å². The fourth-order valence-corrected chi connectivity index (χ4v) is 4.18. The number of rotatable bonds is 7. The van der Waals surface area contributed by atoms with Crippen molar-refractivity contribution in [3.05, 3.63) is 40.6 Å². The molecule has 2 N–H and O–H groups in total. The van der Waals surface area contributed by atoms with Crippen molar-refractivity contribution in [1.29, 1.82) is 0 Å². The highest BCUT2D eigenvalue weighted by atomic mass is 32.2. The molecule has 24 heavy (non-hydrogen) atoms. The second-order valence-electron chi connectivity index (χ2n) is 4.97. The molecule has 0 atom stereocenters. The third kappa shape index (κ3) is 4.32. The van der Waals surface area contributed by atoms with Crippen molar-refractivity contribution in [3.8, 4) is 5.75 Å². The molecule has 0 aliphatic rings. The van der Waals surface area contributed by atoms with Gasteiger partial charge in [0.15, 0.2) is 0 Å². The number of benzene rings is 1. The van der Waals surface area contributed by atoms with Crippen molar-refractivity contribution >= 4 is 33.0 Å². The molecule has 1 amide bonds. The Kier molecular flexibility index (Phi) is 5.94. The zero-order valence-corrected chi connectivity index (χ0v) is 14.9. The van der Waals surface area contributed by atoms with E-state index in [1.165, 1.54) is 42.0 Å². The molecule has 9 heteroatoms. The molecule has 1 aromatic heterocycles. The summed E-state index contributed by atoms with van der Waals surface area (Å²) in [4.78, 5) is 12.5. The highest BCUT2D eigenvalue weighted by Gasteiger charge is 2.23. The van der Waals surface area contributed by atoms with Crippen LogP contribution in [0.15, 0.2) is 40.6 Å². The van der Waals surface area contributed by atoms with E-state index in [0.29, 0.717) is 5.69 Å². The van der Waals surface area contributed by atoms with Crippen LogP contribution in [0.2, 0.25) is 0 Å². The predicted molar refractivity (Wildman–Crippen MR) is 92.1 cm³/mol. The average Bonchev–Trinajstić information content (AvgIpc) is 3.03. The first-order valence-electron chi connectivity index (χ1n) is 6.99. The molecule has 1 aromatic carbocycles. The summed E-state index contributed by atoms with van der Waals surface area (Å²) in [5, 5.41) is 13.4. The average molecular weight is 370 g/mol. The predicted octanol–water partition coefficient (Wildman–Crippen LogP) is 1.97. The lowest BCUT2D eigenvalue weighted by molar-refractivity contribution is 0.103. The molecule has 130 valence electrons. The molecule has 0 aliphatic heterocycles. The Labute approximate surface area is 144 Å². The maximum Gasteiger partial charge on any atom is 0.265 e. The van der Waals surface area contributed by atoms with E-state index in [2.05, 4.69) is 5.32 Å². The molecule has 0 fully saturated rings. The van der Waals surface area contributed by atoms with Gasteiger partial charge in [-0.15, -0.1) is 11.3 Å². The van der Waals surface area contributed by atoms with Crippen LogP contribution in [0.25, 0.3) is 0 Å². The van der Waals surface area contributed by atoms with E-state index in [1.54, 1.807) is 12.1 Å². The summed E-state index contributed by atoms with van der Waals surface area (Å²) in [5.74, 6) is -0.409. The van der Waals surface area contributed by atoms with E-state index in [-0.39, 0.29) is 28.7 Å². The summed E-state index contributed by atoms with van der Waals surface area (Å²) in [7, 11) is -0.708. The van der Waals surface area contributed by atoms with E-state index in [9.17, 15) is 18.3 Å². The summed E-state index contributed by atoms with van der Waals surface area (Å²) in [6, 6.07) is 7.45.